The summed E-state index contributed by atoms with van der Waals surface area (Å²) in [5.74, 6) is 0. The van der Waals surface area contributed by atoms with E-state index in [-0.39, 0.29) is 12.0 Å². The van der Waals surface area contributed by atoms with Gasteiger partial charge in [0.25, 0.3) is 5.56 Å². The molecular weight excluding hydrogens is 398 g/mol. The Labute approximate surface area is 186 Å². The van der Waals surface area contributed by atoms with Gasteiger partial charge in [0.05, 0.1) is 11.4 Å². The highest BCUT2D eigenvalue weighted by Crippen LogP contribution is 2.25. The van der Waals surface area contributed by atoms with Crippen LogP contribution in [0.1, 0.15) is 17.5 Å². The first-order valence-electron chi connectivity index (χ1n) is 10.3. The minimum Gasteiger partial charge on any atom is -0.411 e. The summed E-state index contributed by atoms with van der Waals surface area (Å²) in [6.45, 7) is 2.01. The van der Waals surface area contributed by atoms with Crippen molar-refractivity contribution >= 4 is 11.9 Å². The highest BCUT2D eigenvalue weighted by Gasteiger charge is 2.12. The molecule has 5 heteroatoms. The van der Waals surface area contributed by atoms with E-state index in [1.54, 1.807) is 6.07 Å². The van der Waals surface area contributed by atoms with Crippen LogP contribution in [-0.2, 0) is 0 Å². The number of aromatic nitrogens is 1. The van der Waals surface area contributed by atoms with E-state index in [0.29, 0.717) is 11.4 Å². The van der Waals surface area contributed by atoms with Gasteiger partial charge in [0.1, 0.15) is 0 Å². The van der Waals surface area contributed by atoms with Crippen molar-refractivity contribution in [1.82, 2.24) is 4.68 Å². The highest BCUT2D eigenvalue weighted by atomic mass is 16.4. The Morgan fingerprint density at radius 2 is 1.47 bits per heavy atom. The van der Waals surface area contributed by atoms with E-state index in [4.69, 9.17) is 10.3 Å². The van der Waals surface area contributed by atoms with Gasteiger partial charge in [-0.05, 0) is 29.7 Å². The van der Waals surface area contributed by atoms with Gasteiger partial charge in [-0.3, -0.25) is 4.79 Å². The quantitative estimate of drug-likeness (QED) is 0.250. The number of nitrogens with zero attached hydrogens (tertiary/aromatic N) is 3. The van der Waals surface area contributed by atoms with E-state index in [2.05, 4.69) is 5.16 Å². The molecule has 0 aliphatic rings. The third-order valence-electron chi connectivity index (χ3n) is 5.16. The Morgan fingerprint density at radius 3 is 2.09 bits per heavy atom. The molecule has 0 spiro atoms. The van der Waals surface area contributed by atoms with Gasteiger partial charge >= 0.3 is 0 Å². The fourth-order valence-electron chi connectivity index (χ4n) is 3.49. The van der Waals surface area contributed by atoms with Gasteiger partial charge in [0.2, 0.25) is 0 Å². The summed E-state index contributed by atoms with van der Waals surface area (Å²) in [4.78, 5) is 13.3. The summed E-state index contributed by atoms with van der Waals surface area (Å²) in [6.07, 6.45) is 1.64. The Morgan fingerprint density at radius 1 is 0.844 bits per heavy atom. The molecule has 0 fully saturated rings. The first-order chi connectivity index (χ1) is 15.7. The van der Waals surface area contributed by atoms with Crippen molar-refractivity contribution in [2.75, 3.05) is 0 Å². The van der Waals surface area contributed by atoms with Crippen LogP contribution < -0.4 is 5.56 Å². The molecule has 158 valence electrons. The lowest BCUT2D eigenvalue weighted by atomic mass is 10.0. The van der Waals surface area contributed by atoms with E-state index in [9.17, 15) is 4.79 Å². The maximum atomic E-state index is 13.3. The zero-order chi connectivity index (χ0) is 22.3. The molecule has 5 nitrogen and oxygen atoms in total. The van der Waals surface area contributed by atoms with Crippen LogP contribution in [0.3, 0.4) is 0 Å². The Kier molecular flexibility index (Phi) is 6.37. The van der Waals surface area contributed by atoms with E-state index < -0.39 is 0 Å². The molecule has 0 unspecified atom stereocenters. The molecule has 0 amide bonds. The lowest BCUT2D eigenvalue weighted by Crippen LogP contribution is -2.20. The topological polar surface area (TPSA) is 67.0 Å². The predicted octanol–water partition coefficient (Wildman–Crippen LogP) is 5.59. The van der Waals surface area contributed by atoms with Gasteiger partial charge in [0, 0.05) is 24.3 Å². The number of aryl methyl sites for hydroxylation is 1. The lowest BCUT2D eigenvalue weighted by Gasteiger charge is -2.13. The normalized spacial score (nSPS) is 11.7. The fraction of sp³-hybridized carbons (Fsp3) is 0.0741. The summed E-state index contributed by atoms with van der Waals surface area (Å²) in [5.41, 5.74) is 5.71. The first kappa shape index (κ1) is 21.0. The molecule has 4 aromatic rings. The maximum absolute atomic E-state index is 13.3. The fourth-order valence-corrected chi connectivity index (χ4v) is 3.49. The Balaban J connectivity index is 1.93. The third-order valence-corrected chi connectivity index (χ3v) is 5.16. The van der Waals surface area contributed by atoms with Crippen LogP contribution in [-0.4, -0.2) is 21.8 Å². The van der Waals surface area contributed by atoms with Gasteiger partial charge in [-0.15, -0.1) is 5.16 Å². The Hall–Kier alpha value is -4.25. The van der Waals surface area contributed by atoms with Crippen LogP contribution in [0.4, 0.5) is 0 Å². The number of pyridine rings is 1. The second-order valence-corrected chi connectivity index (χ2v) is 7.43. The van der Waals surface area contributed by atoms with Crippen LogP contribution in [0.2, 0.25) is 0 Å². The van der Waals surface area contributed by atoms with Crippen LogP contribution in [0.15, 0.2) is 112 Å². The van der Waals surface area contributed by atoms with Crippen molar-refractivity contribution in [3.8, 4) is 22.4 Å². The molecule has 0 saturated carbocycles. The van der Waals surface area contributed by atoms with Crippen molar-refractivity contribution in [1.29, 1.82) is 0 Å². The molecule has 0 radical (unpaired) electrons. The standard InChI is InChI=1S/C27H23N3O2/c1-20-12-14-22(15-13-20)25(16-17-28-32)29-30-26(23-10-6-3-7-11-23)18-24(19-27(30)31)21-8-4-2-5-9-21/h2-15,17-19,32H,16H2,1H3/b28-17+,29-25+. The molecular formula is C27H23N3O2. The second kappa shape index (κ2) is 9.71. The molecule has 0 aliphatic heterocycles. The molecule has 4 rings (SSSR count). The molecule has 0 aliphatic carbocycles. The summed E-state index contributed by atoms with van der Waals surface area (Å²) in [6, 6.07) is 31.0. The first-order valence-corrected chi connectivity index (χ1v) is 10.3. The number of benzene rings is 3. The molecule has 3 aromatic carbocycles. The van der Waals surface area contributed by atoms with Gasteiger partial charge < -0.3 is 5.21 Å². The smallest absolute Gasteiger partial charge is 0.272 e. The largest absolute Gasteiger partial charge is 0.411 e. The summed E-state index contributed by atoms with van der Waals surface area (Å²) >= 11 is 0. The molecule has 32 heavy (non-hydrogen) atoms. The average molecular weight is 422 g/mol. The monoisotopic (exact) mass is 421 g/mol. The van der Waals surface area contributed by atoms with E-state index in [0.717, 1.165) is 27.8 Å². The number of hydrogen-bond donors (Lipinski definition) is 1. The van der Waals surface area contributed by atoms with Gasteiger partial charge in [0.15, 0.2) is 0 Å². The average Bonchev–Trinajstić information content (AvgIpc) is 2.84. The van der Waals surface area contributed by atoms with Crippen molar-refractivity contribution in [2.45, 2.75) is 13.3 Å². The zero-order valence-electron chi connectivity index (χ0n) is 17.7. The number of hydrogen-bond acceptors (Lipinski definition) is 4. The van der Waals surface area contributed by atoms with Gasteiger partial charge in [-0.2, -0.15) is 9.78 Å². The highest BCUT2D eigenvalue weighted by molar-refractivity contribution is 6.07. The van der Waals surface area contributed by atoms with Crippen molar-refractivity contribution < 1.29 is 5.21 Å². The minimum atomic E-state index is -0.240. The van der Waals surface area contributed by atoms with E-state index in [1.165, 1.54) is 10.9 Å². The maximum Gasteiger partial charge on any atom is 0.272 e. The van der Waals surface area contributed by atoms with Crippen LogP contribution in [0.25, 0.3) is 22.4 Å². The van der Waals surface area contributed by atoms with E-state index in [1.807, 2.05) is 97.9 Å². The number of oxime groups is 1. The molecule has 0 bridgehead atoms. The molecule has 0 saturated heterocycles. The zero-order valence-corrected chi connectivity index (χ0v) is 17.7. The van der Waals surface area contributed by atoms with Crippen molar-refractivity contribution in [3.63, 3.8) is 0 Å². The van der Waals surface area contributed by atoms with Gasteiger partial charge in [-0.1, -0.05) is 90.5 Å². The lowest BCUT2D eigenvalue weighted by molar-refractivity contribution is 0.321. The Bertz CT molecular complexity index is 1310. The van der Waals surface area contributed by atoms with Crippen LogP contribution in [0, 0.1) is 6.92 Å². The molecule has 1 N–H and O–H groups in total. The molecule has 1 heterocycles. The summed E-state index contributed by atoms with van der Waals surface area (Å²) < 4.78 is 1.42. The third kappa shape index (κ3) is 4.73. The summed E-state index contributed by atoms with van der Waals surface area (Å²) in [5, 5.41) is 16.8. The van der Waals surface area contributed by atoms with E-state index >= 15 is 0 Å². The molecule has 0 atom stereocenters. The van der Waals surface area contributed by atoms with Crippen LogP contribution in [0.5, 0.6) is 0 Å². The summed E-state index contributed by atoms with van der Waals surface area (Å²) in [7, 11) is 0. The molecule has 1 aromatic heterocycles. The minimum absolute atomic E-state index is 0.240. The van der Waals surface area contributed by atoms with Gasteiger partial charge in [-0.25, -0.2) is 0 Å². The second-order valence-electron chi connectivity index (χ2n) is 7.43. The SMILES string of the molecule is Cc1ccc(/C(C/C=N/O)=N/n2c(-c3ccccc3)cc(-c3ccccc3)cc2=O)cc1. The number of rotatable bonds is 6. The van der Waals surface area contributed by atoms with Crippen molar-refractivity contribution in [3.05, 3.63) is 119 Å². The van der Waals surface area contributed by atoms with Crippen molar-refractivity contribution in [2.24, 2.45) is 10.3 Å². The van der Waals surface area contributed by atoms with Crippen LogP contribution >= 0.6 is 0 Å². The predicted molar refractivity (Wildman–Crippen MR) is 130 cm³/mol.